The van der Waals surface area contributed by atoms with E-state index in [0.717, 1.165) is 0 Å². The number of cyclic esters (lactones) is 2. The highest BCUT2D eigenvalue weighted by atomic mass is 16.6. The van der Waals surface area contributed by atoms with Crippen molar-refractivity contribution in [1.29, 1.82) is 0 Å². The average molecular weight is 174 g/mol. The SMILES string of the molecule is O=C1CC(O)C(=O)OCCCO1. The summed E-state index contributed by atoms with van der Waals surface area (Å²) in [5.41, 5.74) is 0. The number of ether oxygens (including phenoxy) is 2. The number of aliphatic hydroxyl groups excluding tert-OH is 1. The van der Waals surface area contributed by atoms with Crippen LogP contribution >= 0.6 is 0 Å². The Morgan fingerprint density at radius 3 is 2.67 bits per heavy atom. The maximum atomic E-state index is 10.8. The van der Waals surface area contributed by atoms with E-state index in [1.54, 1.807) is 0 Å². The topological polar surface area (TPSA) is 72.8 Å². The summed E-state index contributed by atoms with van der Waals surface area (Å²) in [5, 5.41) is 9.00. The van der Waals surface area contributed by atoms with E-state index in [4.69, 9.17) is 5.11 Å². The first-order valence-electron chi connectivity index (χ1n) is 3.70. The highest BCUT2D eigenvalue weighted by Gasteiger charge is 2.22. The molecule has 1 aliphatic rings. The lowest BCUT2D eigenvalue weighted by molar-refractivity contribution is -0.157. The van der Waals surface area contributed by atoms with Gasteiger partial charge in [-0.15, -0.1) is 0 Å². The molecule has 1 heterocycles. The van der Waals surface area contributed by atoms with E-state index >= 15 is 0 Å². The molecule has 1 fully saturated rings. The fraction of sp³-hybridized carbons (Fsp3) is 0.714. The Balaban J connectivity index is 2.52. The molecule has 1 aliphatic heterocycles. The van der Waals surface area contributed by atoms with Crippen molar-refractivity contribution in [2.45, 2.75) is 18.9 Å². The first-order chi connectivity index (χ1) is 5.70. The Morgan fingerprint density at radius 2 is 1.92 bits per heavy atom. The largest absolute Gasteiger partial charge is 0.465 e. The highest BCUT2D eigenvalue weighted by molar-refractivity contribution is 5.81. The van der Waals surface area contributed by atoms with Crippen LogP contribution in [0.3, 0.4) is 0 Å². The molecule has 1 saturated heterocycles. The quantitative estimate of drug-likeness (QED) is 0.488. The van der Waals surface area contributed by atoms with Gasteiger partial charge in [-0.25, -0.2) is 4.79 Å². The van der Waals surface area contributed by atoms with Gasteiger partial charge in [0.1, 0.15) is 0 Å². The summed E-state index contributed by atoms with van der Waals surface area (Å²) in [7, 11) is 0. The Labute approximate surface area is 69.3 Å². The summed E-state index contributed by atoms with van der Waals surface area (Å²) >= 11 is 0. The lowest BCUT2D eigenvalue weighted by Crippen LogP contribution is -2.25. The van der Waals surface area contributed by atoms with E-state index in [0.29, 0.717) is 6.42 Å². The molecule has 68 valence electrons. The van der Waals surface area contributed by atoms with Crippen molar-refractivity contribution in [3.63, 3.8) is 0 Å². The minimum atomic E-state index is -1.38. The Morgan fingerprint density at radius 1 is 1.25 bits per heavy atom. The van der Waals surface area contributed by atoms with Crippen molar-refractivity contribution in [3.05, 3.63) is 0 Å². The molecule has 0 radical (unpaired) electrons. The van der Waals surface area contributed by atoms with Crippen LogP contribution in [-0.2, 0) is 19.1 Å². The summed E-state index contributed by atoms with van der Waals surface area (Å²) in [6.45, 7) is 0.419. The summed E-state index contributed by atoms with van der Waals surface area (Å²) in [6, 6.07) is 0. The standard InChI is InChI=1S/C7H10O5/c8-5-4-6(9)11-2-1-3-12-7(5)10/h5,8H,1-4H2. The number of esters is 2. The van der Waals surface area contributed by atoms with Crippen molar-refractivity contribution >= 4 is 11.9 Å². The van der Waals surface area contributed by atoms with Crippen LogP contribution in [0.2, 0.25) is 0 Å². The maximum Gasteiger partial charge on any atom is 0.335 e. The summed E-state index contributed by atoms with van der Waals surface area (Å²) < 4.78 is 9.25. The van der Waals surface area contributed by atoms with Gasteiger partial charge in [-0.1, -0.05) is 0 Å². The van der Waals surface area contributed by atoms with Gasteiger partial charge >= 0.3 is 11.9 Å². The van der Waals surface area contributed by atoms with Gasteiger partial charge in [0.25, 0.3) is 0 Å². The van der Waals surface area contributed by atoms with Gasteiger partial charge in [-0.2, -0.15) is 0 Å². The van der Waals surface area contributed by atoms with Gasteiger partial charge in [0, 0.05) is 6.42 Å². The zero-order valence-corrected chi connectivity index (χ0v) is 6.49. The van der Waals surface area contributed by atoms with E-state index in [9.17, 15) is 9.59 Å². The predicted molar refractivity (Wildman–Crippen MR) is 37.2 cm³/mol. The second kappa shape index (κ2) is 4.06. The van der Waals surface area contributed by atoms with Crippen LogP contribution in [-0.4, -0.2) is 36.4 Å². The van der Waals surface area contributed by atoms with Crippen molar-refractivity contribution in [3.8, 4) is 0 Å². The number of hydrogen-bond donors (Lipinski definition) is 1. The second-order valence-corrected chi connectivity index (χ2v) is 2.46. The number of carbonyl (C=O) groups is 2. The van der Waals surface area contributed by atoms with Crippen molar-refractivity contribution in [1.82, 2.24) is 0 Å². The van der Waals surface area contributed by atoms with E-state index in [2.05, 4.69) is 9.47 Å². The molecule has 0 aromatic heterocycles. The monoisotopic (exact) mass is 174 g/mol. The van der Waals surface area contributed by atoms with Gasteiger partial charge in [0.05, 0.1) is 19.6 Å². The lowest BCUT2D eigenvalue weighted by Gasteiger charge is -2.05. The van der Waals surface area contributed by atoms with Crippen molar-refractivity contribution < 1.29 is 24.2 Å². The molecule has 1 atom stereocenters. The maximum absolute atomic E-state index is 10.8. The molecule has 5 nitrogen and oxygen atoms in total. The fourth-order valence-corrected chi connectivity index (χ4v) is 0.814. The number of hydrogen-bond acceptors (Lipinski definition) is 5. The number of rotatable bonds is 0. The lowest BCUT2D eigenvalue weighted by atomic mass is 10.2. The van der Waals surface area contributed by atoms with Crippen LogP contribution in [0, 0.1) is 0 Å². The van der Waals surface area contributed by atoms with Crippen molar-refractivity contribution in [2.24, 2.45) is 0 Å². The van der Waals surface area contributed by atoms with Gasteiger partial charge in [0.2, 0.25) is 0 Å². The van der Waals surface area contributed by atoms with Gasteiger partial charge < -0.3 is 14.6 Å². The zero-order valence-electron chi connectivity index (χ0n) is 6.49. The molecule has 0 aromatic carbocycles. The number of aliphatic hydroxyl groups is 1. The number of carbonyl (C=O) groups excluding carboxylic acids is 2. The van der Waals surface area contributed by atoms with Gasteiger partial charge in [0.15, 0.2) is 6.10 Å². The second-order valence-electron chi connectivity index (χ2n) is 2.46. The molecular formula is C7H10O5. The van der Waals surface area contributed by atoms with Crippen LogP contribution in [0.4, 0.5) is 0 Å². The van der Waals surface area contributed by atoms with Crippen molar-refractivity contribution in [2.75, 3.05) is 13.2 Å². The molecule has 1 unspecified atom stereocenters. The first-order valence-corrected chi connectivity index (χ1v) is 3.70. The molecule has 0 aromatic rings. The van der Waals surface area contributed by atoms with Crippen LogP contribution in [0.25, 0.3) is 0 Å². The molecule has 5 heteroatoms. The van der Waals surface area contributed by atoms with Gasteiger partial charge in [-0.05, 0) is 0 Å². The zero-order chi connectivity index (χ0) is 8.97. The molecule has 12 heavy (non-hydrogen) atoms. The molecular weight excluding hydrogens is 164 g/mol. The minimum absolute atomic E-state index is 0.184. The Kier molecular flexibility index (Phi) is 3.04. The smallest absolute Gasteiger partial charge is 0.335 e. The minimum Gasteiger partial charge on any atom is -0.465 e. The third kappa shape index (κ3) is 2.50. The molecule has 0 amide bonds. The van der Waals surface area contributed by atoms with E-state index in [1.165, 1.54) is 0 Å². The molecule has 1 rings (SSSR count). The summed E-state index contributed by atoms with van der Waals surface area (Å²) in [4.78, 5) is 21.5. The van der Waals surface area contributed by atoms with Crippen LogP contribution in [0.5, 0.6) is 0 Å². The molecule has 0 saturated carbocycles. The van der Waals surface area contributed by atoms with Gasteiger partial charge in [-0.3, -0.25) is 4.79 Å². The fourth-order valence-electron chi connectivity index (χ4n) is 0.814. The molecule has 0 bridgehead atoms. The third-order valence-corrected chi connectivity index (χ3v) is 1.43. The molecule has 0 aliphatic carbocycles. The summed E-state index contributed by atoms with van der Waals surface area (Å²) in [6.07, 6.45) is -1.22. The average Bonchev–Trinajstić information content (AvgIpc) is 2.07. The summed E-state index contributed by atoms with van der Waals surface area (Å²) in [5.74, 6) is -1.32. The predicted octanol–water partition coefficient (Wildman–Crippen LogP) is -0.773. The molecule has 1 N–H and O–H groups in total. The van der Waals surface area contributed by atoms with Crippen LogP contribution < -0.4 is 0 Å². The normalized spacial score (nSPS) is 26.2. The Hall–Kier alpha value is -1.10. The van der Waals surface area contributed by atoms with E-state index in [-0.39, 0.29) is 19.6 Å². The van der Waals surface area contributed by atoms with E-state index < -0.39 is 18.0 Å². The van der Waals surface area contributed by atoms with Crippen LogP contribution in [0.15, 0.2) is 0 Å². The first kappa shape index (κ1) is 8.99. The molecule has 0 spiro atoms. The van der Waals surface area contributed by atoms with E-state index in [1.807, 2.05) is 0 Å². The third-order valence-electron chi connectivity index (χ3n) is 1.43. The highest BCUT2D eigenvalue weighted by Crippen LogP contribution is 2.02. The van der Waals surface area contributed by atoms with Crippen LogP contribution in [0.1, 0.15) is 12.8 Å². The Bertz CT molecular complexity index is 188.